The fourth-order valence-corrected chi connectivity index (χ4v) is 7.24. The Labute approximate surface area is 271 Å². The molecule has 2 atom stereocenters. The van der Waals surface area contributed by atoms with Gasteiger partial charge in [0.05, 0.1) is 35.3 Å². The Morgan fingerprint density at radius 1 is 0.681 bits per heavy atom. The SMILES string of the molecule is CCCCOC(=O)c1ccc(NC(=O)COC(=O)c2ccccc2N2C(=O)[C@@H]3C4c5ccccc5C(c5ccccc54)[C@@H]3C2=O)cc1. The van der Waals surface area contributed by atoms with Gasteiger partial charge in [0.15, 0.2) is 6.61 Å². The highest BCUT2D eigenvalue weighted by molar-refractivity contribution is 6.25. The minimum atomic E-state index is -0.842. The summed E-state index contributed by atoms with van der Waals surface area (Å²) in [7, 11) is 0. The number of hydrogen-bond donors (Lipinski definition) is 1. The number of unbranched alkanes of at least 4 members (excludes halogenated alkanes) is 1. The Kier molecular flexibility index (Phi) is 7.89. The van der Waals surface area contributed by atoms with Crippen LogP contribution in [0.5, 0.6) is 0 Å². The van der Waals surface area contributed by atoms with Crippen LogP contribution in [0.3, 0.4) is 0 Å². The number of carbonyl (C=O) groups is 5. The molecular weight excluding hydrogens is 596 g/mol. The highest BCUT2D eigenvalue weighted by Gasteiger charge is 2.62. The summed E-state index contributed by atoms with van der Waals surface area (Å²) < 4.78 is 10.5. The highest BCUT2D eigenvalue weighted by Crippen LogP contribution is 2.61. The summed E-state index contributed by atoms with van der Waals surface area (Å²) in [5.41, 5.74) is 5.13. The molecule has 236 valence electrons. The summed E-state index contributed by atoms with van der Waals surface area (Å²) in [6.07, 6.45) is 1.69. The van der Waals surface area contributed by atoms with E-state index in [0.717, 1.165) is 40.0 Å². The lowest BCUT2D eigenvalue weighted by atomic mass is 9.55. The minimum absolute atomic E-state index is 0.00830. The number of anilines is 2. The first-order chi connectivity index (χ1) is 22.9. The third-order valence-electron chi connectivity index (χ3n) is 9.28. The topological polar surface area (TPSA) is 119 Å². The number of ether oxygens (including phenoxy) is 2. The van der Waals surface area contributed by atoms with Crippen molar-refractivity contribution in [1.29, 1.82) is 0 Å². The molecule has 4 aromatic rings. The van der Waals surface area contributed by atoms with E-state index in [0.29, 0.717) is 17.9 Å². The molecular formula is C38H32N2O7. The number of nitrogens with zero attached hydrogens (tertiary/aromatic N) is 1. The third kappa shape index (κ3) is 5.17. The van der Waals surface area contributed by atoms with E-state index in [9.17, 15) is 24.0 Å². The van der Waals surface area contributed by atoms with Gasteiger partial charge in [-0.3, -0.25) is 14.4 Å². The second kappa shape index (κ2) is 12.3. The summed E-state index contributed by atoms with van der Waals surface area (Å²) in [4.78, 5) is 67.6. The molecule has 2 bridgehead atoms. The average Bonchev–Trinajstić information content (AvgIpc) is 3.37. The molecule has 8 rings (SSSR count). The molecule has 3 amide bonds. The molecule has 0 spiro atoms. The van der Waals surface area contributed by atoms with Gasteiger partial charge in [-0.05, 0) is 65.1 Å². The van der Waals surface area contributed by atoms with Crippen molar-refractivity contribution in [3.8, 4) is 0 Å². The van der Waals surface area contributed by atoms with Crippen molar-refractivity contribution in [1.82, 2.24) is 0 Å². The normalized spacial score (nSPS) is 20.2. The van der Waals surface area contributed by atoms with Crippen LogP contribution in [0, 0.1) is 11.8 Å². The van der Waals surface area contributed by atoms with Crippen molar-refractivity contribution in [2.24, 2.45) is 11.8 Å². The lowest BCUT2D eigenvalue weighted by Gasteiger charge is -2.45. The Hall–Kier alpha value is -5.57. The summed E-state index contributed by atoms with van der Waals surface area (Å²) in [5.74, 6) is -4.34. The van der Waals surface area contributed by atoms with Gasteiger partial charge < -0.3 is 14.8 Å². The van der Waals surface area contributed by atoms with E-state index in [1.807, 2.05) is 55.5 Å². The first-order valence-corrected chi connectivity index (χ1v) is 15.8. The zero-order valence-corrected chi connectivity index (χ0v) is 25.7. The Bertz CT molecular complexity index is 1800. The smallest absolute Gasteiger partial charge is 0.340 e. The summed E-state index contributed by atoms with van der Waals surface area (Å²) in [6.45, 7) is 1.74. The zero-order chi connectivity index (χ0) is 32.7. The van der Waals surface area contributed by atoms with Crippen LogP contribution in [0.4, 0.5) is 11.4 Å². The fraction of sp³-hybridized carbons (Fsp3) is 0.237. The number of benzene rings is 4. The molecule has 4 aromatic carbocycles. The molecule has 0 saturated carbocycles. The quantitative estimate of drug-likeness (QED) is 0.141. The minimum Gasteiger partial charge on any atom is -0.462 e. The Balaban J connectivity index is 1.07. The molecule has 0 radical (unpaired) electrons. The van der Waals surface area contributed by atoms with E-state index >= 15 is 0 Å². The average molecular weight is 629 g/mol. The Morgan fingerprint density at radius 2 is 1.21 bits per heavy atom. The summed E-state index contributed by atoms with van der Waals surface area (Å²) in [6, 6.07) is 28.5. The fourth-order valence-electron chi connectivity index (χ4n) is 7.24. The van der Waals surface area contributed by atoms with Gasteiger partial charge in [-0.1, -0.05) is 74.0 Å². The number of carbonyl (C=O) groups excluding carboxylic acids is 5. The van der Waals surface area contributed by atoms with Gasteiger partial charge in [0.2, 0.25) is 11.8 Å². The number of hydrogen-bond acceptors (Lipinski definition) is 7. The second-order valence-corrected chi connectivity index (χ2v) is 12.0. The van der Waals surface area contributed by atoms with Gasteiger partial charge in [-0.2, -0.15) is 0 Å². The number of imide groups is 1. The molecule has 47 heavy (non-hydrogen) atoms. The lowest BCUT2D eigenvalue weighted by molar-refractivity contribution is -0.122. The van der Waals surface area contributed by atoms with Crippen LogP contribution in [-0.4, -0.2) is 42.9 Å². The van der Waals surface area contributed by atoms with Gasteiger partial charge in [-0.25, -0.2) is 14.5 Å². The predicted molar refractivity (Wildman–Crippen MR) is 173 cm³/mol. The summed E-state index contributed by atoms with van der Waals surface area (Å²) >= 11 is 0. The van der Waals surface area contributed by atoms with Crippen molar-refractivity contribution in [3.05, 3.63) is 130 Å². The zero-order valence-electron chi connectivity index (χ0n) is 25.7. The van der Waals surface area contributed by atoms with Crippen LogP contribution in [0.1, 0.15) is 74.6 Å². The highest BCUT2D eigenvalue weighted by atomic mass is 16.5. The van der Waals surface area contributed by atoms with E-state index in [-0.39, 0.29) is 34.9 Å². The van der Waals surface area contributed by atoms with Crippen molar-refractivity contribution in [3.63, 3.8) is 0 Å². The molecule has 1 aliphatic heterocycles. The van der Waals surface area contributed by atoms with Crippen molar-refractivity contribution in [2.45, 2.75) is 31.6 Å². The molecule has 1 saturated heterocycles. The molecule has 4 aliphatic rings. The van der Waals surface area contributed by atoms with Crippen molar-refractivity contribution < 1.29 is 33.4 Å². The molecule has 9 heteroatoms. The number of esters is 2. The molecule has 1 fully saturated rings. The predicted octanol–water partition coefficient (Wildman–Crippen LogP) is 5.84. The van der Waals surface area contributed by atoms with E-state index in [4.69, 9.17) is 9.47 Å². The standard InChI is InChI=1S/C38H32N2O7/c1-2-3-20-46-37(44)22-16-18-23(19-17-22)39-30(41)21-47-38(45)28-14-8-9-15-29(28)40-35(42)33-31-24-10-4-5-11-25(24)32(34(33)36(40)43)27-13-7-6-12-26(27)31/h4-19,31-34H,2-3,20-21H2,1H3,(H,39,41)/t31?,32?,33-,34+. The first kappa shape index (κ1) is 30.1. The molecule has 0 unspecified atom stereocenters. The van der Waals surface area contributed by atoms with E-state index in [1.165, 1.54) is 18.2 Å². The van der Waals surface area contributed by atoms with Crippen LogP contribution in [0.2, 0.25) is 0 Å². The monoisotopic (exact) mass is 628 g/mol. The third-order valence-corrected chi connectivity index (χ3v) is 9.28. The van der Waals surface area contributed by atoms with Gasteiger partial charge in [0, 0.05) is 17.5 Å². The van der Waals surface area contributed by atoms with Crippen molar-refractivity contribution in [2.75, 3.05) is 23.4 Å². The van der Waals surface area contributed by atoms with E-state index < -0.39 is 36.3 Å². The number of amides is 3. The number of para-hydroxylation sites is 1. The van der Waals surface area contributed by atoms with Gasteiger partial charge in [-0.15, -0.1) is 0 Å². The molecule has 1 N–H and O–H groups in total. The number of nitrogens with one attached hydrogen (secondary N) is 1. The van der Waals surface area contributed by atoms with Crippen LogP contribution < -0.4 is 10.2 Å². The van der Waals surface area contributed by atoms with E-state index in [2.05, 4.69) is 5.32 Å². The number of rotatable bonds is 9. The second-order valence-electron chi connectivity index (χ2n) is 12.0. The largest absolute Gasteiger partial charge is 0.462 e. The molecule has 3 aliphatic carbocycles. The Morgan fingerprint density at radius 3 is 1.77 bits per heavy atom. The molecule has 0 aromatic heterocycles. The maximum Gasteiger partial charge on any atom is 0.340 e. The van der Waals surface area contributed by atoms with Crippen LogP contribution in [-0.2, 0) is 23.9 Å². The molecule has 1 heterocycles. The van der Waals surface area contributed by atoms with Crippen LogP contribution >= 0.6 is 0 Å². The van der Waals surface area contributed by atoms with Gasteiger partial charge >= 0.3 is 11.9 Å². The van der Waals surface area contributed by atoms with Gasteiger partial charge in [0.1, 0.15) is 0 Å². The van der Waals surface area contributed by atoms with Crippen LogP contribution in [0.25, 0.3) is 0 Å². The first-order valence-electron chi connectivity index (χ1n) is 15.8. The van der Waals surface area contributed by atoms with Crippen molar-refractivity contribution >= 4 is 41.0 Å². The molecule has 9 nitrogen and oxygen atoms in total. The summed E-state index contributed by atoms with van der Waals surface area (Å²) in [5, 5.41) is 2.63. The van der Waals surface area contributed by atoms with Crippen LogP contribution in [0.15, 0.2) is 97.1 Å². The van der Waals surface area contributed by atoms with Gasteiger partial charge in [0.25, 0.3) is 5.91 Å². The maximum absolute atomic E-state index is 14.2. The maximum atomic E-state index is 14.2. The van der Waals surface area contributed by atoms with E-state index in [1.54, 1.807) is 30.3 Å². The lowest BCUT2D eigenvalue weighted by Crippen LogP contribution is -2.41.